The number of allylic oxidation sites excluding steroid dienone is 1. The lowest BCUT2D eigenvalue weighted by atomic mass is 9.93. The van der Waals surface area contributed by atoms with Gasteiger partial charge in [-0.3, -0.25) is 14.9 Å². The highest BCUT2D eigenvalue weighted by atomic mass is 32.2. The Morgan fingerprint density at radius 2 is 2.22 bits per heavy atom. The van der Waals surface area contributed by atoms with Crippen LogP contribution in [0.25, 0.3) is 0 Å². The summed E-state index contributed by atoms with van der Waals surface area (Å²) in [5, 5.41) is 16.8. The first-order chi connectivity index (χ1) is 15.4. The van der Waals surface area contributed by atoms with E-state index >= 15 is 0 Å². The van der Waals surface area contributed by atoms with Gasteiger partial charge in [0.25, 0.3) is 5.69 Å². The third-order valence-electron chi connectivity index (χ3n) is 5.23. The van der Waals surface area contributed by atoms with Gasteiger partial charge in [-0.1, -0.05) is 36.5 Å². The van der Waals surface area contributed by atoms with Crippen molar-refractivity contribution in [3.63, 3.8) is 0 Å². The minimum absolute atomic E-state index is 0.0229. The first-order valence-electron chi connectivity index (χ1n) is 10.1. The number of amidine groups is 1. The molecule has 2 heterocycles. The first kappa shape index (κ1) is 21.8. The van der Waals surface area contributed by atoms with Gasteiger partial charge in [-0.2, -0.15) is 0 Å². The number of carbonyl (C=O) groups excluding carboxylic acids is 2. The van der Waals surface area contributed by atoms with E-state index in [1.165, 1.54) is 30.0 Å². The Kier molecular flexibility index (Phi) is 6.13. The highest BCUT2D eigenvalue weighted by molar-refractivity contribution is 8.16. The van der Waals surface area contributed by atoms with Crippen LogP contribution in [0.2, 0.25) is 0 Å². The van der Waals surface area contributed by atoms with Crippen LogP contribution >= 0.6 is 11.8 Å². The molecule has 3 aliphatic rings. The van der Waals surface area contributed by atoms with Crippen molar-refractivity contribution >= 4 is 34.5 Å². The summed E-state index contributed by atoms with van der Waals surface area (Å²) in [7, 11) is 0. The van der Waals surface area contributed by atoms with Crippen LogP contribution in [0.15, 0.2) is 64.3 Å². The second kappa shape index (κ2) is 8.99. The van der Waals surface area contributed by atoms with Crippen LogP contribution in [0.3, 0.4) is 0 Å². The van der Waals surface area contributed by atoms with Gasteiger partial charge in [-0.25, -0.2) is 9.79 Å². The second-order valence-corrected chi connectivity index (χ2v) is 8.49. The van der Waals surface area contributed by atoms with E-state index < -0.39 is 16.9 Å². The molecule has 0 spiro atoms. The maximum absolute atomic E-state index is 13.0. The number of nitrogens with one attached hydrogen (secondary N) is 1. The van der Waals surface area contributed by atoms with Crippen LogP contribution in [0.5, 0.6) is 0 Å². The summed E-state index contributed by atoms with van der Waals surface area (Å²) >= 11 is 1.35. The molecule has 1 saturated carbocycles. The minimum Gasteiger partial charge on any atom is -0.458 e. The SMILES string of the molecule is C=CCOC(=O)C1=C(C)N=C2SC=C(CC(=O)NC3CC3)N2[C@@H]1c1cccc([N+](=O)[O-])c1. The van der Waals surface area contributed by atoms with Crippen molar-refractivity contribution in [3.05, 3.63) is 75.0 Å². The smallest absolute Gasteiger partial charge is 0.338 e. The van der Waals surface area contributed by atoms with Gasteiger partial charge < -0.3 is 15.0 Å². The highest BCUT2D eigenvalue weighted by Crippen LogP contribution is 2.45. The van der Waals surface area contributed by atoms with Crippen molar-refractivity contribution < 1.29 is 19.2 Å². The van der Waals surface area contributed by atoms with Gasteiger partial charge in [-0.15, -0.1) is 0 Å². The van der Waals surface area contributed by atoms with Gasteiger partial charge in [0.1, 0.15) is 6.61 Å². The van der Waals surface area contributed by atoms with E-state index in [-0.39, 0.29) is 36.2 Å². The fraction of sp³-hybridized carbons (Fsp3) is 0.318. The number of thioether (sulfide) groups is 1. The number of nitro groups is 1. The largest absolute Gasteiger partial charge is 0.458 e. The zero-order valence-corrected chi connectivity index (χ0v) is 18.3. The van der Waals surface area contributed by atoms with Crippen LogP contribution < -0.4 is 5.32 Å². The molecule has 1 aliphatic carbocycles. The first-order valence-corrected chi connectivity index (χ1v) is 11.0. The van der Waals surface area contributed by atoms with Crippen molar-refractivity contribution in [1.29, 1.82) is 0 Å². The van der Waals surface area contributed by atoms with Gasteiger partial charge >= 0.3 is 5.97 Å². The Labute approximate surface area is 189 Å². The summed E-state index contributed by atoms with van der Waals surface area (Å²) in [6.45, 7) is 5.30. The molecule has 166 valence electrons. The number of esters is 1. The molecule has 0 aromatic heterocycles. The van der Waals surface area contributed by atoms with E-state index in [4.69, 9.17) is 4.74 Å². The summed E-state index contributed by atoms with van der Waals surface area (Å²) in [6, 6.07) is 5.64. The fourth-order valence-electron chi connectivity index (χ4n) is 3.64. The Hall–Kier alpha value is -3.40. The maximum atomic E-state index is 13.0. The lowest BCUT2D eigenvalue weighted by molar-refractivity contribution is -0.384. The average molecular weight is 455 g/mol. The molecule has 1 atom stereocenters. The zero-order chi connectivity index (χ0) is 22.8. The number of benzene rings is 1. The predicted octanol–water partition coefficient (Wildman–Crippen LogP) is 3.57. The van der Waals surface area contributed by atoms with E-state index in [0.717, 1.165) is 12.8 Å². The molecule has 1 N–H and O–H groups in total. The maximum Gasteiger partial charge on any atom is 0.338 e. The van der Waals surface area contributed by atoms with Gasteiger partial charge in [0.2, 0.25) is 5.91 Å². The molecule has 0 unspecified atom stereocenters. The fourth-order valence-corrected chi connectivity index (χ4v) is 4.60. The lowest BCUT2D eigenvalue weighted by Gasteiger charge is -2.36. The molecule has 1 aromatic rings. The summed E-state index contributed by atoms with van der Waals surface area (Å²) in [4.78, 5) is 42.7. The van der Waals surface area contributed by atoms with Crippen LogP contribution in [0, 0.1) is 10.1 Å². The molecular weight excluding hydrogens is 432 g/mol. The lowest BCUT2D eigenvalue weighted by Crippen LogP contribution is -2.38. The van der Waals surface area contributed by atoms with Crippen LogP contribution in [-0.2, 0) is 14.3 Å². The molecule has 0 radical (unpaired) electrons. The standard InChI is InChI=1S/C22H22N4O5S/c1-3-9-31-21(28)19-13(2)23-22-25(17(12-32-22)11-18(27)24-15-7-8-15)20(19)14-5-4-6-16(10-14)26(29)30/h3-6,10,12,15,20H,1,7-9,11H2,2H3,(H,24,27)/t20-/m1/s1. The number of hydrogen-bond donors (Lipinski definition) is 1. The molecule has 2 aliphatic heterocycles. The van der Waals surface area contributed by atoms with Crippen molar-refractivity contribution in [2.24, 2.45) is 4.99 Å². The van der Waals surface area contributed by atoms with Crippen molar-refractivity contribution in [2.45, 2.75) is 38.3 Å². The number of fused-ring (bicyclic) bond motifs is 1. The van der Waals surface area contributed by atoms with Crippen LogP contribution in [0.4, 0.5) is 5.69 Å². The molecule has 0 bridgehead atoms. The molecule has 1 fully saturated rings. The summed E-state index contributed by atoms with van der Waals surface area (Å²) < 4.78 is 5.31. The van der Waals surface area contributed by atoms with E-state index in [9.17, 15) is 19.7 Å². The zero-order valence-electron chi connectivity index (χ0n) is 17.4. The molecular formula is C22H22N4O5S. The number of rotatable bonds is 8. The van der Waals surface area contributed by atoms with Crippen LogP contribution in [0.1, 0.15) is 37.8 Å². The van der Waals surface area contributed by atoms with Crippen molar-refractivity contribution in [3.8, 4) is 0 Å². The normalized spacial score (nSPS) is 19.7. The molecule has 9 nitrogen and oxygen atoms in total. The highest BCUT2D eigenvalue weighted by Gasteiger charge is 2.41. The Balaban J connectivity index is 1.74. The Bertz CT molecular complexity index is 1090. The summed E-state index contributed by atoms with van der Waals surface area (Å²) in [6.07, 6.45) is 3.54. The number of carbonyl (C=O) groups is 2. The molecule has 1 amide bonds. The number of nitro benzene ring substituents is 1. The van der Waals surface area contributed by atoms with Gasteiger partial charge in [-0.05, 0) is 30.7 Å². The second-order valence-electron chi connectivity index (χ2n) is 7.65. The molecule has 1 aromatic carbocycles. The number of aliphatic imine (C=N–C) groups is 1. The third-order valence-corrected chi connectivity index (χ3v) is 6.12. The van der Waals surface area contributed by atoms with Gasteiger partial charge in [0.05, 0.1) is 28.7 Å². The van der Waals surface area contributed by atoms with Crippen LogP contribution in [-0.4, -0.2) is 39.5 Å². The Morgan fingerprint density at radius 3 is 2.91 bits per heavy atom. The summed E-state index contributed by atoms with van der Waals surface area (Å²) in [5.74, 6) is -0.694. The molecule has 4 rings (SSSR count). The van der Waals surface area contributed by atoms with E-state index in [0.29, 0.717) is 22.1 Å². The van der Waals surface area contributed by atoms with Gasteiger partial charge in [0.15, 0.2) is 5.17 Å². The number of hydrogen-bond acceptors (Lipinski definition) is 8. The number of non-ortho nitro benzene ring substituents is 1. The van der Waals surface area contributed by atoms with Crippen molar-refractivity contribution in [1.82, 2.24) is 10.2 Å². The minimum atomic E-state index is -0.713. The van der Waals surface area contributed by atoms with E-state index in [1.54, 1.807) is 24.0 Å². The van der Waals surface area contributed by atoms with E-state index in [2.05, 4.69) is 16.9 Å². The molecule has 0 saturated heterocycles. The number of amides is 1. The number of nitrogens with zero attached hydrogens (tertiary/aromatic N) is 3. The third kappa shape index (κ3) is 4.45. The quantitative estimate of drug-likeness (QED) is 0.276. The number of ether oxygens (including phenoxy) is 1. The van der Waals surface area contributed by atoms with Crippen molar-refractivity contribution in [2.75, 3.05) is 6.61 Å². The Morgan fingerprint density at radius 1 is 1.44 bits per heavy atom. The van der Waals surface area contributed by atoms with Gasteiger partial charge in [0, 0.05) is 23.9 Å². The average Bonchev–Trinajstić information content (AvgIpc) is 3.50. The predicted molar refractivity (Wildman–Crippen MR) is 120 cm³/mol. The molecule has 10 heteroatoms. The molecule has 32 heavy (non-hydrogen) atoms. The summed E-state index contributed by atoms with van der Waals surface area (Å²) in [5.41, 5.74) is 1.85. The monoisotopic (exact) mass is 454 g/mol. The topological polar surface area (TPSA) is 114 Å². The van der Waals surface area contributed by atoms with E-state index in [1.807, 2.05) is 5.41 Å².